The number of nitrogens with one attached hydrogen (secondary N) is 1. The van der Waals surface area contributed by atoms with Crippen LogP contribution < -0.4 is 5.32 Å². The van der Waals surface area contributed by atoms with E-state index in [0.717, 1.165) is 4.47 Å². The van der Waals surface area contributed by atoms with E-state index in [1.165, 1.54) is 0 Å². The fraction of sp³-hybridized carbons (Fsp3) is 0.333. The highest BCUT2D eigenvalue weighted by Crippen LogP contribution is 2.24. The van der Waals surface area contributed by atoms with Gasteiger partial charge >= 0.3 is 0 Å². The van der Waals surface area contributed by atoms with Crippen molar-refractivity contribution >= 4 is 15.9 Å². The van der Waals surface area contributed by atoms with Gasteiger partial charge in [0.15, 0.2) is 5.54 Å². The first-order valence-electron chi connectivity index (χ1n) is 4.13. The maximum Gasteiger partial charge on any atom is 0.174 e. The quantitative estimate of drug-likeness (QED) is 0.816. The Morgan fingerprint density at radius 1 is 1.71 bits per heavy atom. The average molecular weight is 254 g/mol. The molecule has 4 nitrogen and oxygen atoms in total. The summed E-state index contributed by atoms with van der Waals surface area (Å²) in [5.74, 6) is 0. The van der Waals surface area contributed by atoms with E-state index < -0.39 is 5.54 Å². The van der Waals surface area contributed by atoms with Crippen LogP contribution >= 0.6 is 15.9 Å². The molecular weight excluding hydrogens is 246 g/mol. The minimum atomic E-state index is -0.788. The lowest BCUT2D eigenvalue weighted by atomic mass is 9.99. The Hall–Kier alpha value is -0.960. The molecule has 0 saturated carbocycles. The van der Waals surface area contributed by atoms with Crippen LogP contribution in [0, 0.1) is 11.3 Å². The van der Waals surface area contributed by atoms with Crippen LogP contribution in [0.25, 0.3) is 0 Å². The molecule has 1 aliphatic rings. The summed E-state index contributed by atoms with van der Waals surface area (Å²) in [5, 5.41) is 12.1. The van der Waals surface area contributed by atoms with E-state index in [1.54, 1.807) is 6.20 Å². The molecule has 2 heterocycles. The number of ether oxygens (including phenoxy) is 1. The number of pyridine rings is 1. The van der Waals surface area contributed by atoms with Crippen molar-refractivity contribution in [3.63, 3.8) is 0 Å². The second-order valence-electron chi connectivity index (χ2n) is 3.05. The Kier molecular flexibility index (Phi) is 2.50. The molecule has 1 aromatic rings. The van der Waals surface area contributed by atoms with Crippen molar-refractivity contribution in [1.82, 2.24) is 10.3 Å². The van der Waals surface area contributed by atoms with Gasteiger partial charge in [-0.05, 0) is 12.1 Å². The van der Waals surface area contributed by atoms with Crippen LogP contribution in [0.1, 0.15) is 5.69 Å². The van der Waals surface area contributed by atoms with Crippen molar-refractivity contribution < 1.29 is 4.74 Å². The molecule has 0 aromatic carbocycles. The molecule has 1 aliphatic heterocycles. The fourth-order valence-corrected chi connectivity index (χ4v) is 1.70. The van der Waals surface area contributed by atoms with Gasteiger partial charge in [-0.15, -0.1) is 0 Å². The summed E-state index contributed by atoms with van der Waals surface area (Å²) in [6, 6.07) is 5.85. The summed E-state index contributed by atoms with van der Waals surface area (Å²) >= 11 is 3.34. The average Bonchev–Trinajstić information content (AvgIpc) is 2.67. The number of nitrogens with zero attached hydrogens (tertiary/aromatic N) is 2. The van der Waals surface area contributed by atoms with Crippen molar-refractivity contribution in [3.8, 4) is 6.07 Å². The van der Waals surface area contributed by atoms with Gasteiger partial charge in [0.2, 0.25) is 0 Å². The van der Waals surface area contributed by atoms with E-state index in [1.807, 2.05) is 12.1 Å². The largest absolute Gasteiger partial charge is 0.363 e. The first kappa shape index (κ1) is 9.59. The molecule has 1 aromatic heterocycles. The molecule has 1 saturated heterocycles. The van der Waals surface area contributed by atoms with E-state index >= 15 is 0 Å². The van der Waals surface area contributed by atoms with Gasteiger partial charge in [0.05, 0.1) is 25.1 Å². The first-order chi connectivity index (χ1) is 6.77. The monoisotopic (exact) mass is 253 g/mol. The van der Waals surface area contributed by atoms with E-state index in [2.05, 4.69) is 32.3 Å². The van der Waals surface area contributed by atoms with Crippen molar-refractivity contribution in [2.45, 2.75) is 5.54 Å². The van der Waals surface area contributed by atoms with Crippen molar-refractivity contribution in [2.24, 2.45) is 0 Å². The Bertz CT molecular complexity index is 382. The van der Waals surface area contributed by atoms with Gasteiger partial charge in [-0.2, -0.15) is 5.26 Å². The van der Waals surface area contributed by atoms with Crippen LogP contribution in [0.5, 0.6) is 0 Å². The fourth-order valence-electron chi connectivity index (χ4n) is 1.36. The Morgan fingerprint density at radius 3 is 3.14 bits per heavy atom. The molecule has 0 bridgehead atoms. The van der Waals surface area contributed by atoms with Gasteiger partial charge in [0.25, 0.3) is 0 Å². The number of hydrogen-bond donors (Lipinski definition) is 1. The van der Waals surface area contributed by atoms with Crippen molar-refractivity contribution in [1.29, 1.82) is 5.26 Å². The third kappa shape index (κ3) is 1.52. The number of hydrogen-bond acceptors (Lipinski definition) is 4. The highest BCUT2D eigenvalue weighted by molar-refractivity contribution is 9.10. The molecule has 0 radical (unpaired) electrons. The van der Waals surface area contributed by atoms with Gasteiger partial charge in [0, 0.05) is 10.7 Å². The third-order valence-electron chi connectivity index (χ3n) is 2.14. The lowest BCUT2D eigenvalue weighted by molar-refractivity contribution is 0.183. The van der Waals surface area contributed by atoms with Gasteiger partial charge in [-0.25, -0.2) is 0 Å². The van der Waals surface area contributed by atoms with Gasteiger partial charge < -0.3 is 4.74 Å². The predicted octanol–water partition coefficient (Wildman–Crippen LogP) is 1.14. The SMILES string of the molecule is N#CC1(c2cc(Br)ccn2)COCN1. The Labute approximate surface area is 90.0 Å². The Balaban J connectivity index is 2.42. The highest BCUT2D eigenvalue weighted by Gasteiger charge is 2.38. The summed E-state index contributed by atoms with van der Waals surface area (Å²) in [6.45, 7) is 0.731. The van der Waals surface area contributed by atoms with Gasteiger partial charge in [0.1, 0.15) is 0 Å². The second kappa shape index (κ2) is 3.65. The van der Waals surface area contributed by atoms with Crippen LogP contribution in [0.4, 0.5) is 0 Å². The van der Waals surface area contributed by atoms with Gasteiger partial charge in [-0.1, -0.05) is 15.9 Å². The first-order valence-corrected chi connectivity index (χ1v) is 4.92. The zero-order chi connectivity index (χ0) is 10.0. The standard InChI is InChI=1S/C9H8BrN3O/c10-7-1-2-12-8(3-7)9(4-11)5-14-6-13-9/h1-3,13H,5-6H2. The zero-order valence-electron chi connectivity index (χ0n) is 7.33. The molecular formula is C9H8BrN3O. The van der Waals surface area contributed by atoms with E-state index in [9.17, 15) is 0 Å². The van der Waals surface area contributed by atoms with Crippen LogP contribution in [0.2, 0.25) is 0 Å². The molecule has 72 valence electrons. The summed E-state index contributed by atoms with van der Waals surface area (Å²) in [4.78, 5) is 4.17. The maximum atomic E-state index is 9.11. The number of rotatable bonds is 1. The summed E-state index contributed by atoms with van der Waals surface area (Å²) in [7, 11) is 0. The highest BCUT2D eigenvalue weighted by atomic mass is 79.9. The molecule has 1 atom stereocenters. The zero-order valence-corrected chi connectivity index (χ0v) is 8.91. The lowest BCUT2D eigenvalue weighted by Gasteiger charge is -2.17. The van der Waals surface area contributed by atoms with Crippen molar-refractivity contribution in [2.75, 3.05) is 13.3 Å². The van der Waals surface area contributed by atoms with Crippen LogP contribution in [-0.2, 0) is 10.3 Å². The molecule has 1 N–H and O–H groups in total. The summed E-state index contributed by atoms with van der Waals surface area (Å²) in [6.07, 6.45) is 1.67. The van der Waals surface area contributed by atoms with E-state index in [-0.39, 0.29) is 0 Å². The number of nitriles is 1. The normalized spacial score (nSPS) is 26.0. The smallest absolute Gasteiger partial charge is 0.174 e. The maximum absolute atomic E-state index is 9.11. The molecule has 5 heteroatoms. The Morgan fingerprint density at radius 2 is 2.57 bits per heavy atom. The predicted molar refractivity (Wildman–Crippen MR) is 53.2 cm³/mol. The number of halogens is 1. The molecule has 0 spiro atoms. The molecule has 1 unspecified atom stereocenters. The molecule has 1 fully saturated rings. The van der Waals surface area contributed by atoms with Crippen molar-refractivity contribution in [3.05, 3.63) is 28.5 Å². The van der Waals surface area contributed by atoms with Gasteiger partial charge in [-0.3, -0.25) is 10.3 Å². The van der Waals surface area contributed by atoms with E-state index in [4.69, 9.17) is 10.00 Å². The minimum absolute atomic E-state index is 0.340. The third-order valence-corrected chi connectivity index (χ3v) is 2.64. The molecule has 2 rings (SSSR count). The topological polar surface area (TPSA) is 57.9 Å². The van der Waals surface area contributed by atoms with E-state index in [0.29, 0.717) is 19.0 Å². The second-order valence-corrected chi connectivity index (χ2v) is 3.96. The number of aromatic nitrogens is 1. The molecule has 0 amide bonds. The van der Waals surface area contributed by atoms with Crippen LogP contribution in [-0.4, -0.2) is 18.3 Å². The summed E-state index contributed by atoms with van der Waals surface area (Å²) < 4.78 is 6.06. The van der Waals surface area contributed by atoms with Crippen LogP contribution in [0.15, 0.2) is 22.8 Å². The van der Waals surface area contributed by atoms with Crippen LogP contribution in [0.3, 0.4) is 0 Å². The summed E-state index contributed by atoms with van der Waals surface area (Å²) in [5.41, 5.74) is -0.101. The molecule has 0 aliphatic carbocycles. The minimum Gasteiger partial charge on any atom is -0.363 e. The molecule has 14 heavy (non-hydrogen) atoms. The lowest BCUT2D eigenvalue weighted by Crippen LogP contribution is -2.38.